The molecule has 0 aliphatic carbocycles. The molecule has 0 saturated heterocycles. The highest BCUT2D eigenvalue weighted by atomic mass is 32.2. The molecule has 4 aromatic rings. The zero-order valence-corrected chi connectivity index (χ0v) is 16.2. The van der Waals surface area contributed by atoms with E-state index >= 15 is 0 Å². The minimum absolute atomic E-state index is 0.518. The highest BCUT2D eigenvalue weighted by molar-refractivity contribution is 8.02. The summed E-state index contributed by atoms with van der Waals surface area (Å²) in [4.78, 5) is 0. The van der Waals surface area contributed by atoms with Gasteiger partial charge in [0.25, 0.3) is 0 Å². The number of rotatable bonds is 3. The highest BCUT2D eigenvalue weighted by Gasteiger charge is 2.39. The van der Waals surface area contributed by atoms with E-state index in [1.807, 2.05) is 17.8 Å². The summed E-state index contributed by atoms with van der Waals surface area (Å²) in [6.45, 7) is 0. The molecule has 0 fully saturated rings. The Balaban J connectivity index is 1.67. The van der Waals surface area contributed by atoms with Crippen LogP contribution < -0.4 is 0 Å². The molecule has 1 unspecified atom stereocenters. The lowest BCUT2D eigenvalue weighted by Crippen LogP contribution is -2.35. The molecular weight excluding hydrogens is 360 g/mol. The number of ether oxygens (including phenoxy) is 1. The second kappa shape index (κ2) is 7.21. The molecule has 0 saturated carbocycles. The van der Waals surface area contributed by atoms with Crippen molar-refractivity contribution in [3.05, 3.63) is 125 Å². The first kappa shape index (κ1) is 17.2. The van der Waals surface area contributed by atoms with Crippen LogP contribution in [0.15, 0.2) is 109 Å². The van der Waals surface area contributed by atoms with E-state index in [2.05, 4.69) is 102 Å². The average Bonchev–Trinajstić information content (AvgIpc) is 2.80. The quantitative estimate of drug-likeness (QED) is 0.384. The Morgan fingerprint density at radius 3 is 2.11 bits per heavy atom. The van der Waals surface area contributed by atoms with Crippen LogP contribution in [0.25, 0.3) is 16.5 Å². The summed E-state index contributed by atoms with van der Waals surface area (Å²) in [5, 5.41) is 4.62. The lowest BCUT2D eigenvalue weighted by atomic mass is 9.86. The molecule has 0 radical (unpaired) electrons. The molecule has 4 aromatic carbocycles. The molecule has 28 heavy (non-hydrogen) atoms. The van der Waals surface area contributed by atoms with E-state index in [1.54, 1.807) is 0 Å². The van der Waals surface area contributed by atoms with E-state index in [-0.39, 0.29) is 0 Å². The fourth-order valence-corrected chi connectivity index (χ4v) is 4.85. The molecule has 0 amide bonds. The van der Waals surface area contributed by atoms with Crippen LogP contribution in [-0.2, 0) is 10.3 Å². The average molecular weight is 381 g/mol. The van der Waals surface area contributed by atoms with Crippen molar-refractivity contribution in [2.45, 2.75) is 5.60 Å². The summed E-state index contributed by atoms with van der Waals surface area (Å²) < 4.78 is 6.82. The number of hydrogen-bond acceptors (Lipinski definition) is 2. The Labute approximate surface area is 169 Å². The Bertz CT molecular complexity index is 1130. The Hall–Kier alpha value is -2.97. The summed E-state index contributed by atoms with van der Waals surface area (Å²) in [5.41, 5.74) is 2.96. The first-order chi connectivity index (χ1) is 13.9. The van der Waals surface area contributed by atoms with Crippen molar-refractivity contribution in [1.82, 2.24) is 0 Å². The van der Waals surface area contributed by atoms with E-state index < -0.39 is 5.60 Å². The van der Waals surface area contributed by atoms with Gasteiger partial charge in [-0.15, -0.1) is 11.8 Å². The largest absolute Gasteiger partial charge is 0.476 e. The van der Waals surface area contributed by atoms with E-state index in [9.17, 15) is 0 Å². The highest BCUT2D eigenvalue weighted by Crippen LogP contribution is 2.45. The third-order valence-corrected chi connectivity index (χ3v) is 6.23. The summed E-state index contributed by atoms with van der Waals surface area (Å²) in [6, 6.07) is 36.1. The molecule has 2 heteroatoms. The molecule has 1 nitrogen and oxygen atoms in total. The number of thioether (sulfide) groups is 1. The third-order valence-electron chi connectivity index (χ3n) is 5.28. The second-order valence-electron chi connectivity index (χ2n) is 7.02. The normalized spacial score (nSPS) is 19.1. The maximum absolute atomic E-state index is 6.82. The second-order valence-corrected chi connectivity index (χ2v) is 7.87. The van der Waals surface area contributed by atoms with Gasteiger partial charge < -0.3 is 4.74 Å². The van der Waals surface area contributed by atoms with Crippen LogP contribution in [0.3, 0.4) is 0 Å². The van der Waals surface area contributed by atoms with Crippen molar-refractivity contribution in [2.75, 3.05) is 5.75 Å². The topological polar surface area (TPSA) is 9.23 Å². The predicted molar refractivity (Wildman–Crippen MR) is 119 cm³/mol. The first-order valence-corrected chi connectivity index (χ1v) is 10.5. The summed E-state index contributed by atoms with van der Waals surface area (Å²) >= 11 is 1.81. The van der Waals surface area contributed by atoms with Gasteiger partial charge in [-0.2, -0.15) is 0 Å². The zero-order valence-electron chi connectivity index (χ0n) is 15.4. The van der Waals surface area contributed by atoms with E-state index in [0.29, 0.717) is 0 Å². The van der Waals surface area contributed by atoms with Gasteiger partial charge in [-0.1, -0.05) is 97.1 Å². The molecular formula is C26H20OS. The molecule has 1 aliphatic rings. The van der Waals surface area contributed by atoms with Crippen LogP contribution in [0.2, 0.25) is 0 Å². The fraction of sp³-hybridized carbons (Fsp3) is 0.0769. The van der Waals surface area contributed by atoms with Gasteiger partial charge >= 0.3 is 0 Å². The van der Waals surface area contributed by atoms with Crippen molar-refractivity contribution >= 4 is 28.3 Å². The van der Waals surface area contributed by atoms with Gasteiger partial charge in [0.2, 0.25) is 0 Å². The monoisotopic (exact) mass is 380 g/mol. The van der Waals surface area contributed by atoms with Crippen molar-refractivity contribution < 1.29 is 4.74 Å². The summed E-state index contributed by atoms with van der Waals surface area (Å²) in [5.74, 6) is 1.76. The van der Waals surface area contributed by atoms with Crippen molar-refractivity contribution in [1.29, 1.82) is 0 Å². The minimum Gasteiger partial charge on any atom is -0.476 e. The van der Waals surface area contributed by atoms with Gasteiger partial charge in [0.05, 0.1) is 0 Å². The van der Waals surface area contributed by atoms with Gasteiger partial charge in [-0.05, 0) is 16.8 Å². The minimum atomic E-state index is -0.518. The smallest absolute Gasteiger partial charge is 0.168 e. The molecule has 0 N–H and O–H groups in total. The molecule has 1 atom stereocenters. The van der Waals surface area contributed by atoms with Gasteiger partial charge in [-0.25, -0.2) is 0 Å². The molecule has 136 valence electrons. The Morgan fingerprint density at radius 1 is 0.643 bits per heavy atom. The van der Waals surface area contributed by atoms with Crippen LogP contribution in [0.1, 0.15) is 16.7 Å². The third kappa shape index (κ3) is 3.00. The standard InChI is InChI=1S/C26H20OS/c1-3-10-21(11-4-1)25-18-28-19-26(27-25,23-13-5-2-6-14-23)24-16-15-20-9-7-8-12-22(20)17-24/h1-18H,19H2. The Morgan fingerprint density at radius 2 is 1.32 bits per heavy atom. The number of hydrogen-bond donors (Lipinski definition) is 0. The molecule has 1 aliphatic heterocycles. The van der Waals surface area contributed by atoms with Crippen LogP contribution in [0.4, 0.5) is 0 Å². The fourth-order valence-electron chi connectivity index (χ4n) is 3.80. The van der Waals surface area contributed by atoms with E-state index in [0.717, 1.165) is 17.1 Å². The Kier molecular flexibility index (Phi) is 4.42. The lowest BCUT2D eigenvalue weighted by molar-refractivity contribution is 0.101. The summed E-state index contributed by atoms with van der Waals surface area (Å²) in [7, 11) is 0. The summed E-state index contributed by atoms with van der Waals surface area (Å²) in [6.07, 6.45) is 0. The van der Waals surface area contributed by atoms with Gasteiger partial charge in [0.1, 0.15) is 5.76 Å². The van der Waals surface area contributed by atoms with Crippen molar-refractivity contribution in [3.8, 4) is 0 Å². The zero-order chi connectivity index (χ0) is 18.8. The molecule has 0 bridgehead atoms. The van der Waals surface area contributed by atoms with E-state index in [1.165, 1.54) is 21.9 Å². The molecule has 1 heterocycles. The van der Waals surface area contributed by atoms with Crippen molar-refractivity contribution in [2.24, 2.45) is 0 Å². The number of benzene rings is 4. The van der Waals surface area contributed by atoms with Crippen LogP contribution in [0, 0.1) is 0 Å². The molecule has 0 aromatic heterocycles. The van der Waals surface area contributed by atoms with E-state index in [4.69, 9.17) is 4.74 Å². The van der Waals surface area contributed by atoms with Crippen molar-refractivity contribution in [3.63, 3.8) is 0 Å². The van der Waals surface area contributed by atoms with Crippen LogP contribution >= 0.6 is 11.8 Å². The number of fused-ring (bicyclic) bond motifs is 1. The van der Waals surface area contributed by atoms with Gasteiger partial charge in [0, 0.05) is 27.9 Å². The van der Waals surface area contributed by atoms with Crippen LogP contribution in [0.5, 0.6) is 0 Å². The van der Waals surface area contributed by atoms with Crippen LogP contribution in [-0.4, -0.2) is 5.75 Å². The maximum atomic E-state index is 6.82. The SMILES string of the molecule is C1=C(c2ccccc2)OC(c2ccccc2)(c2ccc3ccccc3c2)CS1. The van der Waals surface area contributed by atoms with Gasteiger partial charge in [-0.3, -0.25) is 0 Å². The lowest BCUT2D eigenvalue weighted by Gasteiger charge is -2.39. The maximum Gasteiger partial charge on any atom is 0.168 e. The first-order valence-electron chi connectivity index (χ1n) is 9.46. The van der Waals surface area contributed by atoms with Gasteiger partial charge in [0.15, 0.2) is 5.60 Å². The predicted octanol–water partition coefficient (Wildman–Crippen LogP) is 6.85. The molecule has 5 rings (SSSR count). The molecule has 0 spiro atoms.